The van der Waals surface area contributed by atoms with Gasteiger partial charge in [0.15, 0.2) is 0 Å². The second-order valence-electron chi connectivity index (χ2n) is 3.29. The van der Waals surface area contributed by atoms with Gasteiger partial charge in [-0.05, 0) is 24.6 Å². The normalized spacial score (nSPS) is 12.0. The molecule has 0 aromatic heterocycles. The first kappa shape index (κ1) is 13.6. The lowest BCUT2D eigenvalue weighted by atomic mass is 10.1. The highest BCUT2D eigenvalue weighted by atomic mass is 32.2. The van der Waals surface area contributed by atoms with E-state index >= 15 is 0 Å². The minimum Gasteiger partial charge on any atom is -0.748 e. The maximum absolute atomic E-state index is 11.5. The van der Waals surface area contributed by atoms with Crippen LogP contribution in [0.1, 0.15) is 15.9 Å². The second-order valence-corrected chi connectivity index (χ2v) is 3.85. The van der Waals surface area contributed by atoms with Crippen molar-refractivity contribution >= 4 is 23.0 Å². The Bertz CT molecular complexity index is 448. The van der Waals surface area contributed by atoms with Gasteiger partial charge in [0.05, 0.1) is 18.4 Å². The predicted octanol–water partition coefficient (Wildman–Crippen LogP) is 0.944. The summed E-state index contributed by atoms with van der Waals surface area (Å²) in [5.41, 5.74) is 1.41. The number of hydroxylamine groups is 1. The molecule has 0 N–H and O–H groups in total. The van der Waals surface area contributed by atoms with Gasteiger partial charge < -0.3 is 9.29 Å². The monoisotopic (exact) mass is 258 g/mol. The maximum Gasteiger partial charge on any atom is 0.340 e. The first-order chi connectivity index (χ1) is 7.95. The summed E-state index contributed by atoms with van der Waals surface area (Å²) in [5.74, 6) is -0.563. The highest BCUT2D eigenvalue weighted by Crippen LogP contribution is 2.22. The molecular weight excluding hydrogens is 246 g/mol. The number of carbonyl (C=O) groups is 1. The SMILES string of the molecule is COC(=O)c1ccc(C)cc1N(C)OS(=O)[O-]. The van der Waals surface area contributed by atoms with Crippen molar-refractivity contribution in [3.05, 3.63) is 29.3 Å². The molecule has 0 aliphatic heterocycles. The van der Waals surface area contributed by atoms with Crippen molar-refractivity contribution in [1.29, 1.82) is 0 Å². The topological polar surface area (TPSA) is 78.9 Å². The summed E-state index contributed by atoms with van der Waals surface area (Å²) in [7, 11) is 2.63. The lowest BCUT2D eigenvalue weighted by molar-refractivity contribution is 0.0600. The third-order valence-corrected chi connectivity index (χ3v) is 2.42. The van der Waals surface area contributed by atoms with Crippen LogP contribution in [-0.2, 0) is 20.4 Å². The molecule has 0 amide bonds. The van der Waals surface area contributed by atoms with Crippen LogP contribution in [0.15, 0.2) is 18.2 Å². The second kappa shape index (κ2) is 5.76. The summed E-state index contributed by atoms with van der Waals surface area (Å²) in [6.45, 7) is 1.81. The number of esters is 1. The van der Waals surface area contributed by atoms with Gasteiger partial charge in [-0.3, -0.25) is 0 Å². The molecule has 0 radical (unpaired) electrons. The Morgan fingerprint density at radius 1 is 1.47 bits per heavy atom. The number of hydrogen-bond donors (Lipinski definition) is 0. The molecule has 1 aromatic carbocycles. The van der Waals surface area contributed by atoms with Gasteiger partial charge in [0.25, 0.3) is 0 Å². The first-order valence-electron chi connectivity index (χ1n) is 4.66. The Morgan fingerprint density at radius 3 is 2.65 bits per heavy atom. The molecule has 0 bridgehead atoms. The molecule has 0 aliphatic rings. The average Bonchev–Trinajstić information content (AvgIpc) is 2.27. The van der Waals surface area contributed by atoms with E-state index in [1.54, 1.807) is 18.2 Å². The maximum atomic E-state index is 11.5. The van der Waals surface area contributed by atoms with Crippen LogP contribution in [0, 0.1) is 6.92 Å². The minimum atomic E-state index is -2.70. The third kappa shape index (κ3) is 3.52. The number of anilines is 1. The fourth-order valence-electron chi connectivity index (χ4n) is 1.32. The van der Waals surface area contributed by atoms with Crippen molar-refractivity contribution in [2.24, 2.45) is 0 Å². The molecule has 0 saturated heterocycles. The van der Waals surface area contributed by atoms with E-state index in [0.717, 1.165) is 10.6 Å². The molecule has 0 heterocycles. The largest absolute Gasteiger partial charge is 0.748 e. The van der Waals surface area contributed by atoms with Crippen LogP contribution >= 0.6 is 0 Å². The highest BCUT2D eigenvalue weighted by molar-refractivity contribution is 7.74. The quantitative estimate of drug-likeness (QED) is 0.454. The van der Waals surface area contributed by atoms with Gasteiger partial charge in [-0.25, -0.2) is 14.1 Å². The summed E-state index contributed by atoms with van der Waals surface area (Å²) in [5, 5.41) is 0.988. The zero-order valence-corrected chi connectivity index (χ0v) is 10.4. The summed E-state index contributed by atoms with van der Waals surface area (Å²) >= 11 is -2.70. The van der Waals surface area contributed by atoms with Crippen LogP contribution < -0.4 is 5.06 Å². The molecule has 1 unspecified atom stereocenters. The molecule has 94 valence electrons. The Labute approximate surface area is 102 Å². The van der Waals surface area contributed by atoms with Crippen LogP contribution in [0.2, 0.25) is 0 Å². The van der Waals surface area contributed by atoms with Gasteiger partial charge in [0.1, 0.15) is 11.4 Å². The van der Waals surface area contributed by atoms with Gasteiger partial charge in [-0.1, -0.05) is 6.07 Å². The van der Waals surface area contributed by atoms with Gasteiger partial charge in [0.2, 0.25) is 0 Å². The molecule has 6 nitrogen and oxygen atoms in total. The lowest BCUT2D eigenvalue weighted by Crippen LogP contribution is -2.22. The predicted molar refractivity (Wildman–Crippen MR) is 60.9 cm³/mol. The Kier molecular flexibility index (Phi) is 4.62. The first-order valence-corrected chi connectivity index (χ1v) is 5.66. The molecule has 0 fully saturated rings. The van der Waals surface area contributed by atoms with E-state index < -0.39 is 17.3 Å². The van der Waals surface area contributed by atoms with Crippen LogP contribution in [0.25, 0.3) is 0 Å². The van der Waals surface area contributed by atoms with Crippen molar-refractivity contribution in [3.63, 3.8) is 0 Å². The lowest BCUT2D eigenvalue weighted by Gasteiger charge is -2.21. The number of benzene rings is 1. The standard InChI is InChI=1S/C10H13NO5S/c1-7-4-5-8(10(12)15-3)9(6-7)11(2)16-17(13)14/h4-6H,1-3H3,(H,13,14)/p-1. The van der Waals surface area contributed by atoms with Crippen molar-refractivity contribution in [3.8, 4) is 0 Å². The van der Waals surface area contributed by atoms with Crippen LogP contribution in [0.3, 0.4) is 0 Å². The van der Waals surface area contributed by atoms with E-state index in [9.17, 15) is 13.6 Å². The molecule has 1 atom stereocenters. The van der Waals surface area contributed by atoms with E-state index in [4.69, 9.17) is 0 Å². The van der Waals surface area contributed by atoms with Gasteiger partial charge in [-0.15, -0.1) is 0 Å². The third-order valence-electron chi connectivity index (χ3n) is 2.07. The van der Waals surface area contributed by atoms with E-state index in [0.29, 0.717) is 5.69 Å². The summed E-state index contributed by atoms with van der Waals surface area (Å²) in [6, 6.07) is 4.89. The smallest absolute Gasteiger partial charge is 0.340 e. The minimum absolute atomic E-state index is 0.228. The fraction of sp³-hybridized carbons (Fsp3) is 0.300. The zero-order chi connectivity index (χ0) is 13.0. The molecule has 0 saturated carbocycles. The zero-order valence-electron chi connectivity index (χ0n) is 9.63. The van der Waals surface area contributed by atoms with Crippen molar-refractivity contribution in [2.75, 3.05) is 19.2 Å². The van der Waals surface area contributed by atoms with Gasteiger partial charge >= 0.3 is 5.97 Å². The highest BCUT2D eigenvalue weighted by Gasteiger charge is 2.15. The van der Waals surface area contributed by atoms with Gasteiger partial charge in [-0.2, -0.15) is 4.28 Å². The Balaban J connectivity index is 3.14. The molecule has 1 rings (SSSR count). The molecule has 17 heavy (non-hydrogen) atoms. The average molecular weight is 258 g/mol. The number of aryl methyl sites for hydroxylation is 1. The van der Waals surface area contributed by atoms with E-state index in [2.05, 4.69) is 9.02 Å². The van der Waals surface area contributed by atoms with Crippen molar-refractivity contribution in [2.45, 2.75) is 6.92 Å². The number of nitrogens with zero attached hydrogens (tertiary/aromatic N) is 1. The Hall–Kier alpha value is -1.44. The van der Waals surface area contributed by atoms with Crippen LogP contribution in [0.5, 0.6) is 0 Å². The number of hydrogen-bond acceptors (Lipinski definition) is 6. The molecule has 0 spiro atoms. The van der Waals surface area contributed by atoms with Crippen LogP contribution in [0.4, 0.5) is 5.69 Å². The van der Waals surface area contributed by atoms with E-state index in [1.165, 1.54) is 14.2 Å². The van der Waals surface area contributed by atoms with Gasteiger partial charge in [0, 0.05) is 7.05 Å². The summed E-state index contributed by atoms with van der Waals surface area (Å²) < 4.78 is 29.9. The summed E-state index contributed by atoms with van der Waals surface area (Å²) in [4.78, 5) is 11.5. The molecule has 0 aliphatic carbocycles. The van der Waals surface area contributed by atoms with E-state index in [1.807, 2.05) is 6.92 Å². The van der Waals surface area contributed by atoms with Crippen molar-refractivity contribution < 1.29 is 22.6 Å². The number of carbonyl (C=O) groups excluding carboxylic acids is 1. The number of rotatable bonds is 4. The Morgan fingerprint density at radius 2 is 2.12 bits per heavy atom. The van der Waals surface area contributed by atoms with Crippen LogP contribution in [-0.4, -0.2) is 28.9 Å². The molecular formula is C10H12NO5S-. The van der Waals surface area contributed by atoms with Crippen molar-refractivity contribution in [1.82, 2.24) is 0 Å². The number of methoxy groups -OCH3 is 1. The fourth-order valence-corrected chi connectivity index (χ4v) is 1.58. The summed E-state index contributed by atoms with van der Waals surface area (Å²) in [6.07, 6.45) is 0. The molecule has 1 aromatic rings. The number of ether oxygens (including phenoxy) is 1. The van der Waals surface area contributed by atoms with E-state index in [-0.39, 0.29) is 5.56 Å². The molecule has 7 heteroatoms.